The SMILES string of the molecule is CN1CCC[C@]2(CO)CCN(Cc3ccc(-c4ccc(Cl)cc4)o3)C[C@@H]12. The lowest BCUT2D eigenvalue weighted by Crippen LogP contribution is -2.61. The zero-order valence-corrected chi connectivity index (χ0v) is 16.1. The molecule has 0 radical (unpaired) electrons. The van der Waals surface area contributed by atoms with Crippen LogP contribution < -0.4 is 0 Å². The van der Waals surface area contributed by atoms with Crippen LogP contribution in [0.2, 0.25) is 5.02 Å². The molecule has 0 amide bonds. The van der Waals surface area contributed by atoms with Crippen molar-refractivity contribution in [3.63, 3.8) is 0 Å². The number of fused-ring (bicyclic) bond motifs is 1. The van der Waals surface area contributed by atoms with Crippen molar-refractivity contribution in [2.45, 2.75) is 31.8 Å². The summed E-state index contributed by atoms with van der Waals surface area (Å²) in [6.07, 6.45) is 3.40. The molecule has 140 valence electrons. The van der Waals surface area contributed by atoms with Crippen molar-refractivity contribution in [3.8, 4) is 11.3 Å². The fraction of sp³-hybridized carbons (Fsp3) is 0.524. The Morgan fingerprint density at radius 3 is 2.73 bits per heavy atom. The fourth-order valence-electron chi connectivity index (χ4n) is 4.67. The first-order chi connectivity index (χ1) is 12.6. The van der Waals surface area contributed by atoms with Crippen LogP contribution in [-0.4, -0.2) is 54.2 Å². The highest BCUT2D eigenvalue weighted by molar-refractivity contribution is 6.30. The van der Waals surface area contributed by atoms with Crippen LogP contribution in [0.25, 0.3) is 11.3 Å². The van der Waals surface area contributed by atoms with Gasteiger partial charge >= 0.3 is 0 Å². The monoisotopic (exact) mass is 374 g/mol. The lowest BCUT2D eigenvalue weighted by molar-refractivity contribution is -0.0694. The van der Waals surface area contributed by atoms with Crippen molar-refractivity contribution in [2.24, 2.45) is 5.41 Å². The molecule has 4 rings (SSSR count). The molecule has 2 aromatic rings. The van der Waals surface area contributed by atoms with Crippen LogP contribution in [0.5, 0.6) is 0 Å². The molecule has 0 unspecified atom stereocenters. The van der Waals surface area contributed by atoms with Crippen LogP contribution in [0.3, 0.4) is 0 Å². The van der Waals surface area contributed by atoms with Crippen LogP contribution >= 0.6 is 11.6 Å². The van der Waals surface area contributed by atoms with Gasteiger partial charge in [-0.3, -0.25) is 4.90 Å². The molecule has 26 heavy (non-hydrogen) atoms. The minimum atomic E-state index is 0.0845. The molecule has 4 nitrogen and oxygen atoms in total. The zero-order valence-electron chi connectivity index (χ0n) is 15.3. The average Bonchev–Trinajstić information content (AvgIpc) is 3.11. The lowest BCUT2D eigenvalue weighted by atomic mass is 9.69. The number of piperidine rings is 2. The predicted molar refractivity (Wildman–Crippen MR) is 104 cm³/mol. The summed E-state index contributed by atoms with van der Waals surface area (Å²) in [6.45, 7) is 4.26. The number of aliphatic hydroxyl groups excluding tert-OH is 1. The van der Waals surface area contributed by atoms with Crippen molar-refractivity contribution in [1.29, 1.82) is 0 Å². The van der Waals surface area contributed by atoms with Gasteiger partial charge in [-0.2, -0.15) is 0 Å². The predicted octanol–water partition coefficient (Wildman–Crippen LogP) is 3.88. The molecule has 2 aliphatic heterocycles. The van der Waals surface area contributed by atoms with Gasteiger partial charge in [0.05, 0.1) is 13.2 Å². The molecule has 1 aromatic heterocycles. The minimum Gasteiger partial charge on any atom is -0.460 e. The van der Waals surface area contributed by atoms with Crippen molar-refractivity contribution in [3.05, 3.63) is 47.2 Å². The molecule has 2 saturated heterocycles. The third-order valence-corrected chi connectivity index (χ3v) is 6.52. The summed E-state index contributed by atoms with van der Waals surface area (Å²) in [5, 5.41) is 10.8. The normalized spacial score (nSPS) is 27.4. The van der Waals surface area contributed by atoms with E-state index in [1.54, 1.807) is 0 Å². The topological polar surface area (TPSA) is 39.9 Å². The Morgan fingerprint density at radius 2 is 1.96 bits per heavy atom. The molecule has 0 saturated carbocycles. The molecule has 1 aromatic carbocycles. The van der Waals surface area contributed by atoms with Crippen LogP contribution in [0.4, 0.5) is 0 Å². The number of hydrogen-bond acceptors (Lipinski definition) is 4. The van der Waals surface area contributed by atoms with E-state index < -0.39 is 0 Å². The number of halogens is 1. The smallest absolute Gasteiger partial charge is 0.134 e. The van der Waals surface area contributed by atoms with Crippen molar-refractivity contribution >= 4 is 11.6 Å². The first kappa shape index (κ1) is 18.1. The van der Waals surface area contributed by atoms with Gasteiger partial charge in [-0.05, 0) is 75.8 Å². The molecular weight excluding hydrogens is 348 g/mol. The lowest BCUT2D eigenvalue weighted by Gasteiger charge is -2.53. The summed E-state index contributed by atoms with van der Waals surface area (Å²) in [5.41, 5.74) is 1.13. The van der Waals surface area contributed by atoms with E-state index in [4.69, 9.17) is 16.0 Å². The number of benzene rings is 1. The van der Waals surface area contributed by atoms with Gasteiger partial charge in [0, 0.05) is 28.6 Å². The van der Waals surface area contributed by atoms with Crippen LogP contribution in [0, 0.1) is 5.41 Å². The number of nitrogens with zero attached hydrogens (tertiary/aromatic N) is 2. The maximum absolute atomic E-state index is 10.0. The summed E-state index contributed by atoms with van der Waals surface area (Å²) >= 11 is 5.96. The van der Waals surface area contributed by atoms with Gasteiger partial charge in [0.25, 0.3) is 0 Å². The van der Waals surface area contributed by atoms with Crippen molar-refractivity contribution < 1.29 is 9.52 Å². The molecular formula is C21H27ClN2O2. The van der Waals surface area contributed by atoms with E-state index in [1.165, 1.54) is 6.42 Å². The Labute approximate surface area is 160 Å². The van der Waals surface area contributed by atoms with Crippen LogP contribution in [-0.2, 0) is 6.54 Å². The number of likely N-dealkylation sites (N-methyl/N-ethyl adjacent to an activating group) is 1. The molecule has 0 spiro atoms. The summed E-state index contributed by atoms with van der Waals surface area (Å²) < 4.78 is 6.08. The quantitative estimate of drug-likeness (QED) is 0.881. The molecule has 3 heterocycles. The Balaban J connectivity index is 1.44. The van der Waals surface area contributed by atoms with Gasteiger partial charge in [0.15, 0.2) is 0 Å². The molecule has 2 fully saturated rings. The number of rotatable bonds is 4. The van der Waals surface area contributed by atoms with Gasteiger partial charge < -0.3 is 14.4 Å². The van der Waals surface area contributed by atoms with Gasteiger partial charge in [0.1, 0.15) is 11.5 Å². The second-order valence-electron chi connectivity index (χ2n) is 7.88. The van der Waals surface area contributed by atoms with Gasteiger partial charge in [-0.1, -0.05) is 11.6 Å². The first-order valence-electron chi connectivity index (χ1n) is 9.48. The van der Waals surface area contributed by atoms with E-state index in [1.807, 2.05) is 30.3 Å². The van der Waals surface area contributed by atoms with E-state index in [0.29, 0.717) is 12.6 Å². The number of aliphatic hydroxyl groups is 1. The minimum absolute atomic E-state index is 0.0845. The Bertz CT molecular complexity index is 745. The number of hydrogen-bond donors (Lipinski definition) is 1. The molecule has 0 bridgehead atoms. The zero-order chi connectivity index (χ0) is 18.1. The van der Waals surface area contributed by atoms with Gasteiger partial charge in [-0.25, -0.2) is 0 Å². The van der Waals surface area contributed by atoms with E-state index in [0.717, 1.165) is 61.1 Å². The Hall–Kier alpha value is -1.33. The van der Waals surface area contributed by atoms with Gasteiger partial charge in [-0.15, -0.1) is 0 Å². The molecule has 5 heteroatoms. The summed E-state index contributed by atoms with van der Waals surface area (Å²) in [5.74, 6) is 1.87. The highest BCUT2D eigenvalue weighted by Gasteiger charge is 2.46. The second kappa shape index (κ2) is 7.35. The largest absolute Gasteiger partial charge is 0.460 e. The molecule has 2 aliphatic rings. The van der Waals surface area contributed by atoms with Crippen LogP contribution in [0.1, 0.15) is 25.0 Å². The highest BCUT2D eigenvalue weighted by atomic mass is 35.5. The van der Waals surface area contributed by atoms with E-state index in [2.05, 4.69) is 22.9 Å². The molecule has 2 atom stereocenters. The second-order valence-corrected chi connectivity index (χ2v) is 8.31. The summed E-state index contributed by atoms with van der Waals surface area (Å²) in [4.78, 5) is 4.90. The number of furan rings is 1. The van der Waals surface area contributed by atoms with E-state index in [9.17, 15) is 5.11 Å². The third-order valence-electron chi connectivity index (χ3n) is 6.27. The maximum Gasteiger partial charge on any atom is 0.134 e. The van der Waals surface area contributed by atoms with Crippen LogP contribution in [0.15, 0.2) is 40.8 Å². The van der Waals surface area contributed by atoms with E-state index in [-0.39, 0.29) is 5.41 Å². The fourth-order valence-corrected chi connectivity index (χ4v) is 4.80. The maximum atomic E-state index is 10.0. The average molecular weight is 375 g/mol. The highest BCUT2D eigenvalue weighted by Crippen LogP contribution is 2.41. The molecule has 1 N–H and O–H groups in total. The summed E-state index contributed by atoms with van der Waals surface area (Å²) in [6, 6.07) is 12.3. The Kier molecular flexibility index (Phi) is 5.11. The third kappa shape index (κ3) is 3.44. The summed E-state index contributed by atoms with van der Waals surface area (Å²) in [7, 11) is 2.20. The molecule has 0 aliphatic carbocycles. The Morgan fingerprint density at radius 1 is 1.15 bits per heavy atom. The van der Waals surface area contributed by atoms with E-state index >= 15 is 0 Å². The first-order valence-corrected chi connectivity index (χ1v) is 9.85. The van der Waals surface area contributed by atoms with Crippen molar-refractivity contribution in [2.75, 3.05) is 33.3 Å². The van der Waals surface area contributed by atoms with Crippen molar-refractivity contribution in [1.82, 2.24) is 9.80 Å². The standard InChI is InChI=1S/C21H27ClN2O2/c1-23-11-2-9-21(15-25)10-12-24(14-20(21)23)13-18-7-8-19(26-18)16-3-5-17(22)6-4-16/h3-8,20,25H,2,9-15H2,1H3/t20-,21-/m1/s1. The van der Waals surface area contributed by atoms with Gasteiger partial charge in [0.2, 0.25) is 0 Å². The number of likely N-dealkylation sites (tertiary alicyclic amines) is 2.